The van der Waals surface area contributed by atoms with Gasteiger partial charge in [-0.2, -0.15) is 21.9 Å². The molecule has 2 amide bonds. The number of carbonyl (C=O) groups is 1. The number of rotatable bonds is 18. The number of para-hydroxylation sites is 1. The normalized spacial score (nSPS) is 11.0. The summed E-state index contributed by atoms with van der Waals surface area (Å²) >= 11 is 0. The number of hydrogen-bond donors (Lipinski definition) is 2. The molecule has 0 aliphatic rings. The summed E-state index contributed by atoms with van der Waals surface area (Å²) in [5.74, 6) is 0.435. The Kier molecular flexibility index (Phi) is 28.2. The van der Waals surface area contributed by atoms with Crippen molar-refractivity contribution in [3.8, 4) is 5.75 Å². The summed E-state index contributed by atoms with van der Waals surface area (Å²) in [6.45, 7) is 2.40. The molecular weight excluding hydrogens is 1260 g/mol. The van der Waals surface area contributed by atoms with Crippen LogP contribution >= 0.6 is 15.2 Å². The van der Waals surface area contributed by atoms with Crippen molar-refractivity contribution in [1.82, 2.24) is 19.6 Å². The monoisotopic (exact) mass is 1350 g/mol. The number of benzene rings is 13. The van der Waals surface area contributed by atoms with Crippen LogP contribution < -0.4 is 64.3 Å². The maximum atomic E-state index is 11.1. The minimum absolute atomic E-state index is 0.110. The number of hydrogen-bond acceptors (Lipinski definition) is 5. The zero-order valence-electron chi connectivity index (χ0n) is 59.0. The number of nitrogens with one attached hydrogen (secondary N) is 1. The third-order valence-electron chi connectivity index (χ3n) is 17.0. The van der Waals surface area contributed by atoms with E-state index in [9.17, 15) is 9.90 Å². The van der Waals surface area contributed by atoms with Crippen molar-refractivity contribution in [3.05, 3.63) is 393 Å². The molecule has 10 heteroatoms. The lowest BCUT2D eigenvalue weighted by atomic mass is 9.13. The van der Waals surface area contributed by atoms with E-state index in [1.54, 1.807) is 14.1 Å². The molecule has 13 rings (SSSR count). The molecule has 0 saturated heterocycles. The molecular formula is C90H94BN5O2P2. The average molecular weight is 1350 g/mol. The summed E-state index contributed by atoms with van der Waals surface area (Å²) in [7, 11) is 13.3. The Morgan fingerprint density at radius 3 is 0.800 bits per heavy atom. The van der Waals surface area contributed by atoms with Gasteiger partial charge >= 0.3 is 6.03 Å². The van der Waals surface area contributed by atoms with Gasteiger partial charge in [0.25, 0.3) is 0 Å². The summed E-state index contributed by atoms with van der Waals surface area (Å²) < 4.78 is 0. The van der Waals surface area contributed by atoms with Crippen LogP contribution in [0.25, 0.3) is 0 Å². The van der Waals surface area contributed by atoms with Crippen molar-refractivity contribution in [1.29, 1.82) is 0 Å². The topological polar surface area (TPSA) is 62.3 Å². The lowest BCUT2D eigenvalue weighted by Gasteiger charge is -2.44. The minimum Gasteiger partial charge on any atom is -0.507 e. The highest BCUT2D eigenvalue weighted by molar-refractivity contribution is 8.01. The van der Waals surface area contributed by atoms with E-state index in [-0.39, 0.29) is 6.03 Å². The zero-order chi connectivity index (χ0) is 70.4. The van der Waals surface area contributed by atoms with Crippen molar-refractivity contribution in [2.75, 3.05) is 61.7 Å². The van der Waals surface area contributed by atoms with E-state index < -0.39 is 21.3 Å². The Morgan fingerprint density at radius 2 is 0.560 bits per heavy atom. The van der Waals surface area contributed by atoms with Crippen molar-refractivity contribution in [3.63, 3.8) is 0 Å². The van der Waals surface area contributed by atoms with Gasteiger partial charge in [-0.25, -0.2) is 4.79 Å². The Bertz CT molecular complexity index is 3810. The number of urea groups is 1. The van der Waals surface area contributed by atoms with Crippen LogP contribution in [0, 0.1) is 0 Å². The van der Waals surface area contributed by atoms with Gasteiger partial charge in [-0.3, -0.25) is 0 Å². The number of phenols is 1. The molecule has 13 aromatic carbocycles. The van der Waals surface area contributed by atoms with Gasteiger partial charge in [-0.1, -0.05) is 303 Å². The van der Waals surface area contributed by atoms with E-state index >= 15 is 0 Å². The highest BCUT2D eigenvalue weighted by atomic mass is 31.2. The van der Waals surface area contributed by atoms with Crippen LogP contribution in [0.4, 0.5) is 10.5 Å². The average Bonchev–Trinajstić information content (AvgIpc) is 0.745. The van der Waals surface area contributed by atoms with Gasteiger partial charge in [0, 0.05) is 50.5 Å². The summed E-state index contributed by atoms with van der Waals surface area (Å²) in [6.07, 6.45) is -1.22. The highest BCUT2D eigenvalue weighted by Gasteiger charge is 2.47. The molecule has 504 valence electrons. The number of aromatic hydroxyl groups is 1. The number of carbonyl (C=O) groups excluding carboxylic acids is 1. The van der Waals surface area contributed by atoms with Crippen LogP contribution in [0.2, 0.25) is 0 Å². The molecule has 0 aromatic heterocycles. The molecule has 0 aliphatic heterocycles. The van der Waals surface area contributed by atoms with Gasteiger partial charge in [0.05, 0.1) is 0 Å². The second kappa shape index (κ2) is 38.2. The quantitative estimate of drug-likeness (QED) is 0.0662. The summed E-state index contributed by atoms with van der Waals surface area (Å²) in [5.41, 5.74) is 9.42. The summed E-state index contributed by atoms with van der Waals surface area (Å²) in [4.78, 5) is 18.9. The molecule has 2 N–H and O–H groups in total. The summed E-state index contributed by atoms with van der Waals surface area (Å²) in [5, 5.41) is 22.9. The first-order chi connectivity index (χ1) is 48.8. The number of amides is 2. The maximum absolute atomic E-state index is 11.1. The standard InChI is InChI=1S/C24H20B.C24H20P.C18H15P.C15H27N3O.C9H12N2O/c2*1-5-13-21(14-6-1)25(22-15-7-2-8-16-22,23-17-9-3-10-18-23)24-19-11-4-12-20-24;1-4-10-16(11-5-1)19(17-12-6-2-7-13-17)18-14-8-3-9-15-18;1-16(2)9-12-7-13(10-17(3)4)15(19)14(8-12)11-18(5)6;1-11(2)9(12)10-8-6-4-3-5-7-8/h2*1-20H;1-15H;7-8,19H,9-11H2,1-6H3;3-7H,1-2H3,(H,10,12)/q-1;+1;;;. The first kappa shape index (κ1) is 74.0. The number of phenolic OH excluding ortho intramolecular Hbond substituents is 1. The van der Waals surface area contributed by atoms with Crippen molar-refractivity contribution >= 4 is 92.0 Å². The van der Waals surface area contributed by atoms with Gasteiger partial charge in [0.1, 0.15) is 40.4 Å². The van der Waals surface area contributed by atoms with Crippen LogP contribution in [-0.2, 0) is 19.6 Å². The van der Waals surface area contributed by atoms with Gasteiger partial charge in [0.2, 0.25) is 0 Å². The fourth-order valence-electron chi connectivity index (χ4n) is 12.8. The fourth-order valence-corrected chi connectivity index (χ4v) is 19.3. The zero-order valence-corrected chi connectivity index (χ0v) is 60.8. The smallest absolute Gasteiger partial charge is 0.321 e. The molecule has 0 aliphatic carbocycles. The van der Waals surface area contributed by atoms with E-state index in [0.29, 0.717) is 5.75 Å². The molecule has 0 fully saturated rings. The molecule has 0 unspecified atom stereocenters. The van der Waals surface area contributed by atoms with Crippen LogP contribution in [0.5, 0.6) is 5.75 Å². The van der Waals surface area contributed by atoms with Gasteiger partial charge < -0.3 is 30.0 Å². The molecule has 100 heavy (non-hydrogen) atoms. The Hall–Kier alpha value is -10.3. The molecule has 0 spiro atoms. The van der Waals surface area contributed by atoms with E-state index in [4.69, 9.17) is 0 Å². The van der Waals surface area contributed by atoms with Crippen LogP contribution in [-0.4, -0.2) is 93.3 Å². The Balaban J connectivity index is 0.000000149. The maximum Gasteiger partial charge on any atom is 0.321 e. The first-order valence-electron chi connectivity index (χ1n) is 34.0. The van der Waals surface area contributed by atoms with Crippen molar-refractivity contribution in [2.45, 2.75) is 19.6 Å². The predicted octanol–water partition coefficient (Wildman–Crippen LogP) is 14.2. The number of anilines is 1. The van der Waals surface area contributed by atoms with Gasteiger partial charge in [0.15, 0.2) is 0 Å². The van der Waals surface area contributed by atoms with Crippen LogP contribution in [0.15, 0.2) is 376 Å². The van der Waals surface area contributed by atoms with Crippen LogP contribution in [0.1, 0.15) is 16.7 Å². The molecule has 7 nitrogen and oxygen atoms in total. The Morgan fingerprint density at radius 1 is 0.330 bits per heavy atom. The highest BCUT2D eigenvalue weighted by Crippen LogP contribution is 2.54. The SMILES string of the molecule is CN(C)C(=O)Nc1ccccc1.CN(C)Cc1cc(CN(C)C)c(O)c(CN(C)C)c1.c1ccc(P(c2ccccc2)c2ccccc2)cc1.c1ccc([B-](c2ccccc2)(c2ccccc2)c2ccccc2)cc1.c1ccc([P+](c2ccccc2)(c2ccccc2)c2ccccc2)cc1. The fraction of sp³-hybridized carbons (Fsp3) is 0.122. The molecule has 13 aromatic rings. The van der Waals surface area contributed by atoms with Crippen molar-refractivity contribution in [2.24, 2.45) is 0 Å². The first-order valence-corrected chi connectivity index (χ1v) is 37.2. The van der Waals surface area contributed by atoms with E-state index in [1.165, 1.54) is 69.4 Å². The van der Waals surface area contributed by atoms with E-state index in [2.05, 4.69) is 380 Å². The molecule has 0 bridgehead atoms. The molecule has 0 radical (unpaired) electrons. The van der Waals surface area contributed by atoms with E-state index in [1.807, 2.05) is 58.5 Å². The lowest BCUT2D eigenvalue weighted by Crippen LogP contribution is -2.74. The van der Waals surface area contributed by atoms with Crippen molar-refractivity contribution < 1.29 is 9.90 Å². The third-order valence-corrected chi connectivity index (χ3v) is 23.8. The minimum atomic E-state index is -1.91. The second-order valence-corrected chi connectivity index (χ2v) is 31.2. The Labute approximate surface area is 597 Å². The summed E-state index contributed by atoms with van der Waals surface area (Å²) in [6, 6.07) is 133. The van der Waals surface area contributed by atoms with E-state index in [0.717, 1.165) is 36.4 Å². The lowest BCUT2D eigenvalue weighted by molar-refractivity contribution is 0.230. The molecule has 0 saturated carbocycles. The van der Waals surface area contributed by atoms with Crippen LogP contribution in [0.3, 0.4) is 0 Å². The van der Waals surface area contributed by atoms with Gasteiger partial charge in [-0.05, 0) is 144 Å². The van der Waals surface area contributed by atoms with Gasteiger partial charge in [-0.15, -0.1) is 0 Å². The third kappa shape index (κ3) is 20.0. The number of nitrogens with zero attached hydrogens (tertiary/aromatic N) is 4. The predicted molar refractivity (Wildman–Crippen MR) is 436 cm³/mol. The molecule has 0 heterocycles. The largest absolute Gasteiger partial charge is 0.507 e. The molecule has 0 atom stereocenters. The second-order valence-electron chi connectivity index (χ2n) is 25.5.